The largest absolute Gasteiger partial charge is 0.615 e. The van der Waals surface area contributed by atoms with Crippen molar-refractivity contribution in [1.29, 1.82) is 0 Å². The minimum atomic E-state index is -1.89. The molecule has 122 valence electrons. The molecule has 22 heavy (non-hydrogen) atoms. The standard InChI is InChI=1S/C12H19N4O5P/c1-8-6-16(12(18)14-11(8)17)10-5-13-4-9(21-10)7-20-22(19)15(2)3/h6,9-10,13H,4-5,7H2,1-3H3/p+1/t9-,10?/m0/s1. The van der Waals surface area contributed by atoms with Crippen LogP contribution >= 0.6 is 8.18 Å². The molecule has 2 rings (SSSR count). The molecule has 0 radical (unpaired) electrons. The van der Waals surface area contributed by atoms with Crippen LogP contribution in [0.5, 0.6) is 0 Å². The molecule has 1 aromatic rings. The van der Waals surface area contributed by atoms with Gasteiger partial charge < -0.3 is 10.1 Å². The lowest BCUT2D eigenvalue weighted by Crippen LogP contribution is -2.47. The van der Waals surface area contributed by atoms with Crippen molar-refractivity contribution < 1.29 is 13.8 Å². The van der Waals surface area contributed by atoms with Crippen molar-refractivity contribution in [2.75, 3.05) is 33.8 Å². The number of nitrogens with one attached hydrogen (secondary N) is 2. The molecule has 0 bridgehead atoms. The van der Waals surface area contributed by atoms with Gasteiger partial charge in [0.2, 0.25) is 0 Å². The topological polar surface area (TPSA) is 106 Å². The second-order valence-electron chi connectivity index (χ2n) is 5.23. The van der Waals surface area contributed by atoms with Crippen LogP contribution in [0.2, 0.25) is 0 Å². The first-order valence-corrected chi connectivity index (χ1v) is 7.97. The molecular formula is C12H20N4O5P+. The number of aromatic amines is 1. The average Bonchev–Trinajstić information content (AvgIpc) is 2.48. The molecule has 2 unspecified atom stereocenters. The highest BCUT2D eigenvalue weighted by molar-refractivity contribution is 7.36. The molecule has 0 amide bonds. The van der Waals surface area contributed by atoms with Crippen LogP contribution in [0.4, 0.5) is 0 Å². The van der Waals surface area contributed by atoms with E-state index in [4.69, 9.17) is 9.26 Å². The highest BCUT2D eigenvalue weighted by Crippen LogP contribution is 2.25. The van der Waals surface area contributed by atoms with Gasteiger partial charge in [-0.1, -0.05) is 4.67 Å². The van der Waals surface area contributed by atoms with Crippen LogP contribution in [0.25, 0.3) is 0 Å². The molecule has 0 saturated carbocycles. The Morgan fingerprint density at radius 1 is 1.45 bits per heavy atom. The Hall–Kier alpha value is -1.38. The predicted molar refractivity (Wildman–Crippen MR) is 80.1 cm³/mol. The van der Waals surface area contributed by atoms with Gasteiger partial charge in [-0.15, -0.1) is 4.52 Å². The summed E-state index contributed by atoms with van der Waals surface area (Å²) in [6.45, 7) is 2.73. The quantitative estimate of drug-likeness (QED) is 0.705. The van der Waals surface area contributed by atoms with E-state index in [0.29, 0.717) is 18.7 Å². The molecule has 0 aromatic carbocycles. The lowest BCUT2D eigenvalue weighted by molar-refractivity contribution is -0.0929. The molecule has 1 fully saturated rings. The summed E-state index contributed by atoms with van der Waals surface area (Å²) in [7, 11) is 1.42. The number of aryl methyl sites for hydroxylation is 1. The van der Waals surface area contributed by atoms with Crippen molar-refractivity contribution in [3.63, 3.8) is 0 Å². The summed E-state index contributed by atoms with van der Waals surface area (Å²) in [5.74, 6) is 0. The molecule has 1 aliphatic rings. The molecule has 3 atom stereocenters. The van der Waals surface area contributed by atoms with Crippen molar-refractivity contribution in [3.05, 3.63) is 32.6 Å². The van der Waals surface area contributed by atoms with Gasteiger partial charge in [-0.3, -0.25) is 14.3 Å². The fraction of sp³-hybridized carbons (Fsp3) is 0.667. The van der Waals surface area contributed by atoms with Crippen LogP contribution < -0.4 is 16.6 Å². The summed E-state index contributed by atoms with van der Waals surface area (Å²) < 4.78 is 25.4. The van der Waals surface area contributed by atoms with Crippen molar-refractivity contribution in [2.45, 2.75) is 19.3 Å². The maximum absolute atomic E-state index is 11.9. The third-order valence-corrected chi connectivity index (χ3v) is 4.22. The molecule has 1 aliphatic heterocycles. The number of ether oxygens (including phenoxy) is 1. The van der Waals surface area contributed by atoms with Gasteiger partial charge in [0, 0.05) is 38.9 Å². The van der Waals surface area contributed by atoms with Gasteiger partial charge in [-0.05, 0) is 11.5 Å². The number of morpholine rings is 1. The summed E-state index contributed by atoms with van der Waals surface area (Å²) in [4.78, 5) is 25.5. The van der Waals surface area contributed by atoms with Gasteiger partial charge in [0.05, 0.1) is 0 Å². The van der Waals surface area contributed by atoms with E-state index in [1.54, 1.807) is 21.0 Å². The van der Waals surface area contributed by atoms with Gasteiger partial charge in [0.15, 0.2) is 6.23 Å². The van der Waals surface area contributed by atoms with Gasteiger partial charge in [-0.25, -0.2) is 4.79 Å². The predicted octanol–water partition coefficient (Wildman–Crippen LogP) is -0.432. The van der Waals surface area contributed by atoms with Crippen molar-refractivity contribution in [2.24, 2.45) is 0 Å². The number of nitrogens with zero attached hydrogens (tertiary/aromatic N) is 2. The monoisotopic (exact) mass is 331 g/mol. The zero-order chi connectivity index (χ0) is 16.3. The summed E-state index contributed by atoms with van der Waals surface area (Å²) in [6, 6.07) is 0. The summed E-state index contributed by atoms with van der Waals surface area (Å²) >= 11 is 0. The molecule has 1 aromatic heterocycles. The van der Waals surface area contributed by atoms with Crippen molar-refractivity contribution in [3.8, 4) is 0 Å². The lowest BCUT2D eigenvalue weighted by Gasteiger charge is -2.30. The van der Waals surface area contributed by atoms with Crippen molar-refractivity contribution in [1.82, 2.24) is 19.5 Å². The number of hydrogen-bond acceptors (Lipinski definition) is 6. The van der Waals surface area contributed by atoms with Crippen LogP contribution in [-0.4, -0.2) is 54.1 Å². The Balaban J connectivity index is 2.05. The molecule has 2 heterocycles. The smallest absolute Gasteiger partial charge is 0.349 e. The minimum absolute atomic E-state index is 0.147. The Labute approximate surface area is 128 Å². The van der Waals surface area contributed by atoms with Crippen LogP contribution in [0.15, 0.2) is 15.8 Å². The summed E-state index contributed by atoms with van der Waals surface area (Å²) in [5.41, 5.74) is -0.506. The molecule has 9 nitrogen and oxygen atoms in total. The number of rotatable bonds is 5. The number of aromatic nitrogens is 2. The number of H-pyrrole nitrogens is 1. The first kappa shape index (κ1) is 17.0. The first-order valence-electron chi connectivity index (χ1n) is 6.84. The van der Waals surface area contributed by atoms with E-state index in [1.165, 1.54) is 15.4 Å². The summed E-state index contributed by atoms with van der Waals surface area (Å²) in [5, 5.41) is 3.13. The first-order chi connectivity index (χ1) is 10.4. The summed E-state index contributed by atoms with van der Waals surface area (Å²) in [6.07, 6.45) is 0.580. The lowest BCUT2D eigenvalue weighted by atomic mass is 10.3. The Morgan fingerprint density at radius 2 is 2.18 bits per heavy atom. The van der Waals surface area contributed by atoms with Gasteiger partial charge in [-0.2, -0.15) is 0 Å². The van der Waals surface area contributed by atoms with Gasteiger partial charge in [0.25, 0.3) is 5.56 Å². The third kappa shape index (κ3) is 4.08. The van der Waals surface area contributed by atoms with E-state index in [2.05, 4.69) is 10.3 Å². The highest BCUT2D eigenvalue weighted by Gasteiger charge is 2.29. The van der Waals surface area contributed by atoms with E-state index in [9.17, 15) is 14.2 Å². The van der Waals surface area contributed by atoms with Gasteiger partial charge >= 0.3 is 13.9 Å². The minimum Gasteiger partial charge on any atom is -0.349 e. The normalized spacial score (nSPS) is 22.8. The highest BCUT2D eigenvalue weighted by atomic mass is 31.1. The van der Waals surface area contributed by atoms with Crippen LogP contribution in [-0.2, 0) is 13.8 Å². The van der Waals surface area contributed by atoms with E-state index < -0.39 is 25.7 Å². The maximum Gasteiger partial charge on any atom is 0.615 e. The van der Waals surface area contributed by atoms with Crippen LogP contribution in [0.1, 0.15) is 11.8 Å². The van der Waals surface area contributed by atoms with Crippen LogP contribution in [0.3, 0.4) is 0 Å². The fourth-order valence-electron chi connectivity index (χ4n) is 2.01. The fourth-order valence-corrected chi connectivity index (χ4v) is 2.54. The van der Waals surface area contributed by atoms with Crippen LogP contribution in [0, 0.1) is 6.92 Å². The second-order valence-corrected chi connectivity index (χ2v) is 6.76. The average molecular weight is 331 g/mol. The molecule has 1 saturated heterocycles. The molecule has 10 heteroatoms. The van der Waals surface area contributed by atoms with E-state index in [1.807, 2.05) is 0 Å². The Kier molecular flexibility index (Phi) is 5.60. The number of hydrogen-bond donors (Lipinski definition) is 2. The zero-order valence-electron chi connectivity index (χ0n) is 12.7. The molecule has 2 N–H and O–H groups in total. The second kappa shape index (κ2) is 7.26. The van der Waals surface area contributed by atoms with E-state index in [0.717, 1.165) is 0 Å². The SMILES string of the molecule is Cc1cn(C2CNC[C@@H](CO[P+](=O)N(C)C)O2)c(=O)[nH]c1=O. The third-order valence-electron chi connectivity index (χ3n) is 3.19. The maximum atomic E-state index is 11.9. The Bertz CT molecular complexity index is 656. The van der Waals surface area contributed by atoms with Gasteiger partial charge in [0.1, 0.15) is 12.7 Å². The molecule has 0 aliphatic carbocycles. The zero-order valence-corrected chi connectivity index (χ0v) is 13.6. The molecule has 0 spiro atoms. The van der Waals surface area contributed by atoms with Crippen molar-refractivity contribution >= 4 is 8.18 Å². The molecular weight excluding hydrogens is 311 g/mol. The Morgan fingerprint density at radius 3 is 2.86 bits per heavy atom. The van der Waals surface area contributed by atoms with E-state index in [-0.39, 0.29) is 12.7 Å². The van der Waals surface area contributed by atoms with E-state index >= 15 is 0 Å².